The summed E-state index contributed by atoms with van der Waals surface area (Å²) in [7, 11) is 0. The second kappa shape index (κ2) is 5.23. The molecule has 0 saturated carbocycles. The lowest BCUT2D eigenvalue weighted by molar-refractivity contribution is 0.457. The maximum absolute atomic E-state index is 11.3. The first kappa shape index (κ1) is 12.6. The van der Waals surface area contributed by atoms with Crippen LogP contribution in [-0.4, -0.2) is 11.7 Å². The Bertz CT molecular complexity index is 602. The number of phenolic OH excluding ortho intramolecular Hbond substituents is 1. The fourth-order valence-corrected chi connectivity index (χ4v) is 1.84. The van der Waals surface area contributed by atoms with Crippen LogP contribution in [0.4, 0.5) is 0 Å². The number of fused-ring (bicyclic) bond motifs is 1. The van der Waals surface area contributed by atoms with Gasteiger partial charge in [-0.15, -0.1) is 0 Å². The van der Waals surface area contributed by atoms with Crippen LogP contribution in [0.15, 0.2) is 33.5 Å². The molecule has 0 aliphatic carbocycles. The fourth-order valence-electron chi connectivity index (χ4n) is 1.84. The minimum absolute atomic E-state index is 0.146. The number of hydrogen-bond donors (Lipinski definition) is 2. The van der Waals surface area contributed by atoms with Gasteiger partial charge in [-0.3, -0.25) is 0 Å². The summed E-state index contributed by atoms with van der Waals surface area (Å²) in [6, 6.07) is 6.44. The monoisotopic (exact) mass is 247 g/mol. The van der Waals surface area contributed by atoms with Gasteiger partial charge < -0.3 is 14.8 Å². The van der Waals surface area contributed by atoms with E-state index in [1.54, 1.807) is 18.2 Å². The largest absolute Gasteiger partial charge is 0.507 e. The lowest BCUT2D eigenvalue weighted by Gasteiger charge is -2.10. The maximum atomic E-state index is 11.3. The molecule has 0 aliphatic rings. The van der Waals surface area contributed by atoms with Crippen molar-refractivity contribution in [2.45, 2.75) is 20.4 Å². The standard InChI is InChI=1S/C14H17NO3/c1-9(2)7-15-8-11-12(16)5-3-10-4-6-13(17)18-14(10)11/h3-6,9,15-16H,7-8H2,1-2H3. The van der Waals surface area contributed by atoms with Crippen LogP contribution in [0.5, 0.6) is 5.75 Å². The van der Waals surface area contributed by atoms with Crippen LogP contribution in [0.25, 0.3) is 11.0 Å². The molecule has 4 heteroatoms. The molecule has 0 amide bonds. The number of hydrogen-bond acceptors (Lipinski definition) is 4. The van der Waals surface area contributed by atoms with Crippen LogP contribution in [0, 0.1) is 5.92 Å². The first-order valence-electron chi connectivity index (χ1n) is 6.03. The molecule has 1 aromatic carbocycles. The average Bonchev–Trinajstić information content (AvgIpc) is 2.31. The van der Waals surface area contributed by atoms with Crippen molar-refractivity contribution >= 4 is 11.0 Å². The zero-order valence-electron chi connectivity index (χ0n) is 10.6. The predicted molar refractivity (Wildman–Crippen MR) is 70.7 cm³/mol. The zero-order chi connectivity index (χ0) is 13.1. The molecule has 2 aromatic rings. The molecule has 4 nitrogen and oxygen atoms in total. The van der Waals surface area contributed by atoms with Crippen molar-refractivity contribution in [3.8, 4) is 5.75 Å². The van der Waals surface area contributed by atoms with Gasteiger partial charge in [0.1, 0.15) is 11.3 Å². The van der Waals surface area contributed by atoms with Crippen molar-refractivity contribution < 1.29 is 9.52 Å². The molecule has 1 aromatic heterocycles. The highest BCUT2D eigenvalue weighted by atomic mass is 16.4. The summed E-state index contributed by atoms with van der Waals surface area (Å²) < 4.78 is 5.18. The van der Waals surface area contributed by atoms with E-state index < -0.39 is 5.63 Å². The Balaban J connectivity index is 2.37. The van der Waals surface area contributed by atoms with Gasteiger partial charge in [0.15, 0.2) is 0 Å². The molecule has 0 saturated heterocycles. The van der Waals surface area contributed by atoms with Crippen LogP contribution in [0.2, 0.25) is 0 Å². The van der Waals surface area contributed by atoms with Crippen LogP contribution in [0.3, 0.4) is 0 Å². The Morgan fingerprint density at radius 2 is 2.00 bits per heavy atom. The normalized spacial score (nSPS) is 11.3. The maximum Gasteiger partial charge on any atom is 0.336 e. The van der Waals surface area contributed by atoms with Crippen molar-refractivity contribution in [2.24, 2.45) is 5.92 Å². The zero-order valence-corrected chi connectivity index (χ0v) is 10.6. The Labute approximate surface area is 105 Å². The summed E-state index contributed by atoms with van der Waals surface area (Å²) in [6.45, 7) is 5.54. The Morgan fingerprint density at radius 1 is 1.28 bits per heavy atom. The highest BCUT2D eigenvalue weighted by molar-refractivity contribution is 5.81. The third-order valence-electron chi connectivity index (χ3n) is 2.72. The second-order valence-corrected chi connectivity index (χ2v) is 4.76. The van der Waals surface area contributed by atoms with E-state index in [0.29, 0.717) is 23.6 Å². The smallest absolute Gasteiger partial charge is 0.336 e. The van der Waals surface area contributed by atoms with E-state index in [1.807, 2.05) is 0 Å². The minimum atomic E-state index is -0.404. The Kier molecular flexibility index (Phi) is 3.67. The lowest BCUT2D eigenvalue weighted by Crippen LogP contribution is -2.19. The first-order chi connectivity index (χ1) is 8.58. The van der Waals surface area contributed by atoms with Gasteiger partial charge in [-0.2, -0.15) is 0 Å². The summed E-state index contributed by atoms with van der Waals surface area (Å²) in [5.74, 6) is 0.669. The quantitative estimate of drug-likeness (QED) is 0.813. The van der Waals surface area contributed by atoms with E-state index in [-0.39, 0.29) is 5.75 Å². The summed E-state index contributed by atoms with van der Waals surface area (Å²) in [5.41, 5.74) is 0.683. The predicted octanol–water partition coefficient (Wildman–Crippen LogP) is 2.24. The molecular weight excluding hydrogens is 230 g/mol. The van der Waals surface area contributed by atoms with E-state index in [4.69, 9.17) is 4.42 Å². The van der Waals surface area contributed by atoms with Gasteiger partial charge in [0.05, 0.1) is 5.56 Å². The van der Waals surface area contributed by atoms with Crippen LogP contribution in [0.1, 0.15) is 19.4 Å². The molecule has 0 unspecified atom stereocenters. The number of phenols is 1. The summed E-state index contributed by atoms with van der Waals surface area (Å²) >= 11 is 0. The number of benzene rings is 1. The molecule has 0 radical (unpaired) electrons. The third-order valence-corrected chi connectivity index (χ3v) is 2.72. The molecule has 0 fully saturated rings. The SMILES string of the molecule is CC(C)CNCc1c(O)ccc2ccc(=O)oc12. The summed E-state index contributed by atoms with van der Waals surface area (Å²) in [6.07, 6.45) is 0. The Morgan fingerprint density at radius 3 is 2.72 bits per heavy atom. The molecule has 0 bridgehead atoms. The van der Waals surface area contributed by atoms with Gasteiger partial charge in [0.25, 0.3) is 0 Å². The Hall–Kier alpha value is -1.81. The van der Waals surface area contributed by atoms with E-state index in [9.17, 15) is 9.90 Å². The van der Waals surface area contributed by atoms with Crippen molar-refractivity contribution in [3.63, 3.8) is 0 Å². The van der Waals surface area contributed by atoms with Crippen molar-refractivity contribution in [2.75, 3.05) is 6.54 Å². The van der Waals surface area contributed by atoms with Gasteiger partial charge in [0, 0.05) is 18.0 Å². The molecule has 2 rings (SSSR count). The topological polar surface area (TPSA) is 62.5 Å². The molecule has 0 aliphatic heterocycles. The van der Waals surface area contributed by atoms with Gasteiger partial charge in [0.2, 0.25) is 0 Å². The van der Waals surface area contributed by atoms with Crippen LogP contribution >= 0.6 is 0 Å². The van der Waals surface area contributed by atoms with Crippen molar-refractivity contribution in [1.82, 2.24) is 5.32 Å². The molecule has 2 N–H and O–H groups in total. The first-order valence-corrected chi connectivity index (χ1v) is 6.03. The van der Waals surface area contributed by atoms with Gasteiger partial charge in [-0.25, -0.2) is 4.79 Å². The molecule has 18 heavy (non-hydrogen) atoms. The molecule has 1 heterocycles. The van der Waals surface area contributed by atoms with E-state index in [2.05, 4.69) is 19.2 Å². The molecule has 96 valence electrons. The van der Waals surface area contributed by atoms with Gasteiger partial charge in [-0.05, 0) is 30.7 Å². The van der Waals surface area contributed by atoms with Gasteiger partial charge >= 0.3 is 5.63 Å². The van der Waals surface area contributed by atoms with Crippen LogP contribution in [-0.2, 0) is 6.54 Å². The molecule has 0 atom stereocenters. The molecule has 0 spiro atoms. The van der Waals surface area contributed by atoms with Crippen molar-refractivity contribution in [3.05, 3.63) is 40.2 Å². The molecular formula is C14H17NO3. The van der Waals surface area contributed by atoms with Crippen molar-refractivity contribution in [1.29, 1.82) is 0 Å². The lowest BCUT2D eigenvalue weighted by atomic mass is 10.1. The average molecular weight is 247 g/mol. The number of rotatable bonds is 4. The third kappa shape index (κ3) is 2.71. The highest BCUT2D eigenvalue weighted by Gasteiger charge is 2.09. The minimum Gasteiger partial charge on any atom is -0.507 e. The fraction of sp³-hybridized carbons (Fsp3) is 0.357. The highest BCUT2D eigenvalue weighted by Crippen LogP contribution is 2.25. The van der Waals surface area contributed by atoms with Gasteiger partial charge in [-0.1, -0.05) is 13.8 Å². The second-order valence-electron chi connectivity index (χ2n) is 4.76. The summed E-state index contributed by atoms with van der Waals surface area (Å²) in [5, 5.41) is 13.9. The number of nitrogens with one attached hydrogen (secondary N) is 1. The summed E-state index contributed by atoms with van der Waals surface area (Å²) in [4.78, 5) is 11.3. The van der Waals surface area contributed by atoms with Crippen LogP contribution < -0.4 is 10.9 Å². The van der Waals surface area contributed by atoms with E-state index in [1.165, 1.54) is 6.07 Å². The van der Waals surface area contributed by atoms with E-state index in [0.717, 1.165) is 11.9 Å². The number of aromatic hydroxyl groups is 1. The van der Waals surface area contributed by atoms with E-state index >= 15 is 0 Å².